The number of hydrogen-bond donors (Lipinski definition) is 11. The molecular formula is C30H45N8O18P3S. The van der Waals surface area contributed by atoms with Crippen LogP contribution in [0.3, 0.4) is 0 Å². The second-order valence-electron chi connectivity index (χ2n) is 13.7. The zero-order valence-corrected chi connectivity index (χ0v) is 35.2. The zero-order chi connectivity index (χ0) is 44.6. The number of aliphatic hydroxyl groups excluding tert-OH is 2. The van der Waals surface area contributed by atoms with Gasteiger partial charge in [-0.2, -0.15) is 4.31 Å². The number of nitrogens with two attached hydrogens (primary N) is 2. The third kappa shape index (κ3) is 14.3. The van der Waals surface area contributed by atoms with E-state index in [0.29, 0.717) is 5.56 Å². The molecule has 1 aromatic carbocycles. The number of nitrogens with one attached hydrogen (secondary N) is 2. The van der Waals surface area contributed by atoms with Crippen LogP contribution in [0, 0.1) is 5.41 Å². The number of thioether (sulfide) groups is 1. The van der Waals surface area contributed by atoms with Gasteiger partial charge >= 0.3 is 23.5 Å². The number of fused-ring (bicyclic) bond motifs is 1. The number of aromatic nitrogens is 4. The van der Waals surface area contributed by atoms with Crippen molar-refractivity contribution in [3.05, 3.63) is 42.5 Å². The van der Waals surface area contributed by atoms with Gasteiger partial charge < -0.3 is 61.7 Å². The predicted octanol–water partition coefficient (Wildman–Crippen LogP) is -1.06. The van der Waals surface area contributed by atoms with Crippen LogP contribution >= 0.6 is 35.2 Å². The smallest absolute Gasteiger partial charge is 0.481 e. The van der Waals surface area contributed by atoms with E-state index in [1.165, 1.54) is 26.0 Å². The van der Waals surface area contributed by atoms with E-state index >= 15 is 0 Å². The molecule has 0 radical (unpaired) electrons. The monoisotopic (exact) mass is 930 g/mol. The number of amides is 2. The van der Waals surface area contributed by atoms with Gasteiger partial charge in [0.05, 0.1) is 25.6 Å². The van der Waals surface area contributed by atoms with Gasteiger partial charge in [0.25, 0.3) is 0 Å². The van der Waals surface area contributed by atoms with Crippen molar-refractivity contribution in [3.63, 3.8) is 0 Å². The lowest BCUT2D eigenvalue weighted by Crippen LogP contribution is -2.46. The van der Waals surface area contributed by atoms with E-state index in [2.05, 4.69) is 34.4 Å². The van der Waals surface area contributed by atoms with Crippen molar-refractivity contribution in [1.29, 1.82) is 0 Å². The summed E-state index contributed by atoms with van der Waals surface area (Å²) in [7, 11) is -16.4. The largest absolute Gasteiger partial charge is 0.508 e. The van der Waals surface area contributed by atoms with Crippen molar-refractivity contribution in [2.75, 3.05) is 37.8 Å². The second-order valence-corrected chi connectivity index (χ2v) is 19.1. The first-order valence-electron chi connectivity index (χ1n) is 17.5. The third-order valence-corrected chi connectivity index (χ3v) is 12.5. The quantitative estimate of drug-likeness (QED) is 0.0422. The number of anilines is 1. The van der Waals surface area contributed by atoms with E-state index in [-0.39, 0.29) is 59.5 Å². The molecule has 334 valence electrons. The zero-order valence-electron chi connectivity index (χ0n) is 31.7. The Morgan fingerprint density at radius 2 is 1.75 bits per heavy atom. The van der Waals surface area contributed by atoms with Gasteiger partial charge in [0.1, 0.15) is 42.0 Å². The summed E-state index contributed by atoms with van der Waals surface area (Å²) in [6.07, 6.45) is -6.84. The molecule has 3 heterocycles. The predicted molar refractivity (Wildman–Crippen MR) is 207 cm³/mol. The topological polar surface area (TPSA) is 410 Å². The molecule has 30 heteroatoms. The van der Waals surface area contributed by atoms with Crippen LogP contribution in [0.1, 0.15) is 32.1 Å². The van der Waals surface area contributed by atoms with Crippen molar-refractivity contribution >= 4 is 69.1 Å². The Morgan fingerprint density at radius 1 is 1.05 bits per heavy atom. The van der Waals surface area contributed by atoms with Gasteiger partial charge in [0.15, 0.2) is 17.7 Å². The molecule has 1 fully saturated rings. The van der Waals surface area contributed by atoms with Crippen LogP contribution in [-0.2, 0) is 57.1 Å². The summed E-state index contributed by atoms with van der Waals surface area (Å²) in [6.45, 7) is 0.276. The first-order chi connectivity index (χ1) is 27.9. The molecule has 1 aliphatic rings. The fourth-order valence-electron chi connectivity index (χ4n) is 5.41. The Balaban J connectivity index is 1.20. The summed E-state index contributed by atoms with van der Waals surface area (Å²) >= 11 is 0.914. The number of nitrogen functional groups attached to an aromatic ring is 1. The van der Waals surface area contributed by atoms with E-state index < -0.39 is 90.6 Å². The number of rotatable bonds is 22. The molecule has 0 bridgehead atoms. The van der Waals surface area contributed by atoms with Crippen LogP contribution < -0.4 is 22.1 Å². The summed E-state index contributed by atoms with van der Waals surface area (Å²) in [6, 6.07) is 5.51. The molecule has 13 N–H and O–H groups in total. The van der Waals surface area contributed by atoms with Crippen molar-refractivity contribution in [1.82, 2.24) is 30.2 Å². The molecule has 2 amide bonds. The number of phenolic OH excluding ortho intramolecular Hbond substituents is 1. The molecule has 26 nitrogen and oxygen atoms in total. The summed E-state index contributed by atoms with van der Waals surface area (Å²) in [5.74, 6) is -1.30. The second kappa shape index (κ2) is 20.6. The number of imidazole rings is 1. The van der Waals surface area contributed by atoms with Crippen LogP contribution in [0.5, 0.6) is 5.75 Å². The Hall–Kier alpha value is -3.46. The van der Waals surface area contributed by atoms with Crippen molar-refractivity contribution in [2.45, 2.75) is 63.4 Å². The van der Waals surface area contributed by atoms with Crippen LogP contribution in [0.4, 0.5) is 5.82 Å². The summed E-state index contributed by atoms with van der Waals surface area (Å²) < 4.78 is 62.2. The van der Waals surface area contributed by atoms with Gasteiger partial charge in [-0.15, -0.1) is 0 Å². The molecule has 0 spiro atoms. The number of benzene rings is 1. The number of phosphoric acid groups is 3. The number of aromatic hydroxyl groups is 1. The van der Waals surface area contributed by atoms with Crippen LogP contribution in [-0.4, -0.2) is 134 Å². The number of nitrogens with zero attached hydrogens (tertiary/aromatic N) is 4. The van der Waals surface area contributed by atoms with Crippen molar-refractivity contribution in [3.8, 4) is 5.75 Å². The highest BCUT2D eigenvalue weighted by Crippen LogP contribution is 2.61. The van der Waals surface area contributed by atoms with E-state index in [1.54, 1.807) is 12.1 Å². The molecule has 3 aromatic rings. The van der Waals surface area contributed by atoms with E-state index in [4.69, 9.17) is 25.3 Å². The molecule has 1 aliphatic heterocycles. The lowest BCUT2D eigenvalue weighted by Gasteiger charge is -2.30. The fourth-order valence-corrected chi connectivity index (χ4v) is 8.94. The van der Waals surface area contributed by atoms with Gasteiger partial charge in [0, 0.05) is 30.7 Å². The van der Waals surface area contributed by atoms with Gasteiger partial charge in [-0.05, 0) is 24.1 Å². The Kier molecular flexibility index (Phi) is 16.9. The SMILES string of the molecule is CC(C)(COP(=O)(O)OP(=O)(O)OCC1OC(n2cnc3c(N)ncnc32)C(O)C1OP(=O)(O)O)C(O)C(=O)NCCC(=O)NCCSC(=O)C(N)Cc1cccc(O)c1. The minimum Gasteiger partial charge on any atom is -0.508 e. The highest BCUT2D eigenvalue weighted by molar-refractivity contribution is 8.13. The van der Waals surface area contributed by atoms with Crippen LogP contribution in [0.25, 0.3) is 11.2 Å². The molecule has 0 aliphatic carbocycles. The minimum absolute atomic E-state index is 0.0224. The van der Waals surface area contributed by atoms with Gasteiger partial charge in [-0.3, -0.25) is 32.5 Å². The molecule has 0 saturated carbocycles. The van der Waals surface area contributed by atoms with Crippen LogP contribution in [0.2, 0.25) is 0 Å². The molecule has 8 unspecified atom stereocenters. The standard InChI is InChI=1S/C30H45N8O18P3S/c1-30(2,24(42)27(43)34-7-6-20(40)33-8-9-60-29(44)18(31)11-16-4-3-5-17(39)10-16)13-53-59(50,51)56-58(48,49)52-12-19-23(55-57(45,46)47)22(41)28(54-19)38-15-37-21-25(32)35-14-36-26(21)38/h3-5,10,14-15,18-19,22-24,28,39,41-42H,6-9,11-13,31H2,1-2H3,(H,33,40)(H,34,43)(H,48,49)(H,50,51)(H2,32,35,36)(H2,45,46,47). The van der Waals surface area contributed by atoms with Gasteiger partial charge in [-0.1, -0.05) is 37.7 Å². The number of carbonyl (C=O) groups is 3. The van der Waals surface area contributed by atoms with Crippen molar-refractivity contribution < 1.29 is 85.6 Å². The molecule has 4 rings (SSSR count). The molecule has 8 atom stereocenters. The Bertz CT molecular complexity index is 2140. The molecule has 2 aromatic heterocycles. The maximum atomic E-state index is 12.7. The number of aliphatic hydroxyl groups is 2. The van der Waals surface area contributed by atoms with E-state index in [9.17, 15) is 63.0 Å². The number of ether oxygens (including phenoxy) is 1. The molecule has 1 saturated heterocycles. The number of phosphoric ester groups is 3. The Labute approximate surface area is 344 Å². The lowest BCUT2D eigenvalue weighted by molar-refractivity contribution is -0.137. The third-order valence-electron chi connectivity index (χ3n) is 8.42. The van der Waals surface area contributed by atoms with Crippen LogP contribution in [0.15, 0.2) is 36.9 Å². The molecule has 60 heavy (non-hydrogen) atoms. The maximum absolute atomic E-state index is 12.7. The first-order valence-corrected chi connectivity index (χ1v) is 23.0. The Morgan fingerprint density at radius 3 is 2.43 bits per heavy atom. The first kappa shape index (κ1) is 49.2. The number of phenols is 1. The average molecular weight is 931 g/mol. The summed E-state index contributed by atoms with van der Waals surface area (Å²) in [4.78, 5) is 88.1. The van der Waals surface area contributed by atoms with Gasteiger partial charge in [-0.25, -0.2) is 28.6 Å². The fraction of sp³-hybridized carbons (Fsp3) is 0.533. The number of carbonyl (C=O) groups excluding carboxylic acids is 3. The number of hydrogen-bond acceptors (Lipinski definition) is 20. The highest BCUT2D eigenvalue weighted by atomic mass is 32.2. The summed E-state index contributed by atoms with van der Waals surface area (Å²) in [5, 5.41) is 35.6. The maximum Gasteiger partial charge on any atom is 0.481 e. The van der Waals surface area contributed by atoms with Gasteiger partial charge in [0.2, 0.25) is 16.9 Å². The van der Waals surface area contributed by atoms with E-state index in [1.807, 2.05) is 0 Å². The van der Waals surface area contributed by atoms with Crippen molar-refractivity contribution in [2.24, 2.45) is 11.1 Å². The summed E-state index contributed by atoms with van der Waals surface area (Å²) in [5.41, 5.74) is 10.8. The lowest BCUT2D eigenvalue weighted by atomic mass is 9.87. The normalized spacial score (nSPS) is 21.5. The highest BCUT2D eigenvalue weighted by Gasteiger charge is 2.50. The average Bonchev–Trinajstić information content (AvgIpc) is 3.71. The van der Waals surface area contributed by atoms with E-state index in [0.717, 1.165) is 29.0 Å². The molecular weight excluding hydrogens is 885 g/mol. The minimum atomic E-state index is -5.59.